The summed E-state index contributed by atoms with van der Waals surface area (Å²) in [4.78, 5) is 2.63. The highest BCUT2D eigenvalue weighted by atomic mass is 16.5. The van der Waals surface area contributed by atoms with Crippen molar-refractivity contribution in [2.45, 2.75) is 44.6 Å². The maximum Gasteiger partial charge on any atom is 0.0594 e. The van der Waals surface area contributed by atoms with E-state index in [0.29, 0.717) is 0 Å². The Hall–Kier alpha value is -0.120. The van der Waals surface area contributed by atoms with E-state index in [-0.39, 0.29) is 5.54 Å². The zero-order valence-electron chi connectivity index (χ0n) is 10.6. The van der Waals surface area contributed by atoms with Crippen LogP contribution in [0.4, 0.5) is 0 Å². The topological polar surface area (TPSA) is 38.5 Å². The van der Waals surface area contributed by atoms with E-state index in [1.165, 1.54) is 32.1 Å². The van der Waals surface area contributed by atoms with Crippen molar-refractivity contribution in [2.75, 3.05) is 32.8 Å². The number of morpholine rings is 1. The Bertz CT molecular complexity index is 216. The first kappa shape index (κ1) is 12.3. The van der Waals surface area contributed by atoms with E-state index in [1.54, 1.807) is 0 Å². The van der Waals surface area contributed by atoms with Gasteiger partial charge in [-0.15, -0.1) is 0 Å². The summed E-state index contributed by atoms with van der Waals surface area (Å²) in [5.41, 5.74) is 6.44. The summed E-state index contributed by atoms with van der Waals surface area (Å²) in [5.74, 6) is 0.796. The molecule has 0 aromatic rings. The Balaban J connectivity index is 2.13. The lowest BCUT2D eigenvalue weighted by Crippen LogP contribution is -2.62. The Morgan fingerprint density at radius 1 is 1.31 bits per heavy atom. The Morgan fingerprint density at radius 2 is 2.06 bits per heavy atom. The molecule has 3 heteroatoms. The molecule has 1 saturated carbocycles. The molecule has 2 unspecified atom stereocenters. The van der Waals surface area contributed by atoms with Gasteiger partial charge in [0.25, 0.3) is 0 Å². The van der Waals surface area contributed by atoms with Gasteiger partial charge in [-0.05, 0) is 18.8 Å². The molecule has 2 atom stereocenters. The van der Waals surface area contributed by atoms with Crippen molar-refractivity contribution in [3.63, 3.8) is 0 Å². The van der Waals surface area contributed by atoms with Gasteiger partial charge in [-0.1, -0.05) is 26.2 Å². The number of rotatable bonds is 3. The molecule has 0 radical (unpaired) electrons. The van der Waals surface area contributed by atoms with Gasteiger partial charge in [-0.25, -0.2) is 0 Å². The Kier molecular flexibility index (Phi) is 4.22. The van der Waals surface area contributed by atoms with Crippen LogP contribution in [-0.4, -0.2) is 43.3 Å². The maximum atomic E-state index is 6.15. The lowest BCUT2D eigenvalue weighted by molar-refractivity contribution is -0.0597. The molecule has 0 aromatic heterocycles. The van der Waals surface area contributed by atoms with Crippen LogP contribution in [0, 0.1) is 5.92 Å². The van der Waals surface area contributed by atoms with Crippen LogP contribution in [0.5, 0.6) is 0 Å². The lowest BCUT2D eigenvalue weighted by atomic mass is 9.70. The third-order valence-electron chi connectivity index (χ3n) is 4.66. The van der Waals surface area contributed by atoms with Gasteiger partial charge < -0.3 is 10.5 Å². The van der Waals surface area contributed by atoms with Crippen LogP contribution in [0.15, 0.2) is 0 Å². The predicted octanol–water partition coefficient (Wildman–Crippen LogP) is 1.62. The van der Waals surface area contributed by atoms with Crippen molar-refractivity contribution in [2.24, 2.45) is 11.7 Å². The summed E-state index contributed by atoms with van der Waals surface area (Å²) in [6.07, 6.45) is 6.68. The molecule has 3 nitrogen and oxygen atoms in total. The van der Waals surface area contributed by atoms with Gasteiger partial charge in [-0.3, -0.25) is 4.90 Å². The van der Waals surface area contributed by atoms with Crippen molar-refractivity contribution in [1.82, 2.24) is 4.90 Å². The Labute approximate surface area is 99.3 Å². The van der Waals surface area contributed by atoms with E-state index in [2.05, 4.69) is 11.8 Å². The van der Waals surface area contributed by atoms with Crippen molar-refractivity contribution in [3.05, 3.63) is 0 Å². The van der Waals surface area contributed by atoms with Crippen LogP contribution < -0.4 is 5.73 Å². The Morgan fingerprint density at radius 3 is 2.69 bits per heavy atom. The summed E-state index contributed by atoms with van der Waals surface area (Å²) in [5, 5.41) is 0. The van der Waals surface area contributed by atoms with Gasteiger partial charge in [0, 0.05) is 25.2 Å². The summed E-state index contributed by atoms with van der Waals surface area (Å²) in [7, 11) is 0. The summed E-state index contributed by atoms with van der Waals surface area (Å²) in [6.45, 7) is 7.07. The first-order valence-electron chi connectivity index (χ1n) is 6.86. The maximum absolute atomic E-state index is 6.15. The van der Waals surface area contributed by atoms with Gasteiger partial charge in [0.2, 0.25) is 0 Å². The minimum absolute atomic E-state index is 0.288. The molecule has 1 aliphatic carbocycles. The minimum atomic E-state index is 0.288. The smallest absolute Gasteiger partial charge is 0.0594 e. The lowest BCUT2D eigenvalue weighted by Gasteiger charge is -2.52. The third kappa shape index (κ3) is 2.13. The van der Waals surface area contributed by atoms with Crippen molar-refractivity contribution < 1.29 is 4.74 Å². The molecule has 0 bridgehead atoms. The molecule has 2 aliphatic rings. The summed E-state index contributed by atoms with van der Waals surface area (Å²) >= 11 is 0. The molecule has 16 heavy (non-hydrogen) atoms. The highest BCUT2D eigenvalue weighted by Gasteiger charge is 2.43. The van der Waals surface area contributed by atoms with Gasteiger partial charge in [-0.2, -0.15) is 0 Å². The fourth-order valence-electron chi connectivity index (χ4n) is 3.70. The van der Waals surface area contributed by atoms with Crippen LogP contribution >= 0.6 is 0 Å². The fourth-order valence-corrected chi connectivity index (χ4v) is 3.70. The second-order valence-electron chi connectivity index (χ2n) is 5.26. The van der Waals surface area contributed by atoms with Crippen molar-refractivity contribution in [3.8, 4) is 0 Å². The highest BCUT2D eigenvalue weighted by Crippen LogP contribution is 2.40. The number of hydrogen-bond acceptors (Lipinski definition) is 3. The van der Waals surface area contributed by atoms with Crippen molar-refractivity contribution >= 4 is 0 Å². The SMILES string of the molecule is CCC1CCCCC1(CN)N1CCOCC1. The molecule has 2 rings (SSSR count). The second kappa shape index (κ2) is 5.48. The molecule has 0 spiro atoms. The van der Waals surface area contributed by atoms with Gasteiger partial charge >= 0.3 is 0 Å². The minimum Gasteiger partial charge on any atom is -0.379 e. The molecule has 2 fully saturated rings. The zero-order valence-corrected chi connectivity index (χ0v) is 10.6. The van der Waals surface area contributed by atoms with Crippen molar-refractivity contribution in [1.29, 1.82) is 0 Å². The molecule has 0 amide bonds. The molecule has 1 aliphatic heterocycles. The quantitative estimate of drug-likeness (QED) is 0.794. The molecule has 1 saturated heterocycles. The average Bonchev–Trinajstić information content (AvgIpc) is 2.39. The fraction of sp³-hybridized carbons (Fsp3) is 1.00. The zero-order chi connectivity index (χ0) is 11.4. The van der Waals surface area contributed by atoms with E-state index in [0.717, 1.165) is 38.8 Å². The molecular weight excluding hydrogens is 200 g/mol. The van der Waals surface area contributed by atoms with E-state index in [9.17, 15) is 0 Å². The normalized spacial score (nSPS) is 37.5. The molecule has 1 heterocycles. The average molecular weight is 226 g/mol. The number of ether oxygens (including phenoxy) is 1. The highest BCUT2D eigenvalue weighted by molar-refractivity contribution is 5.00. The predicted molar refractivity (Wildman–Crippen MR) is 66.4 cm³/mol. The van der Waals surface area contributed by atoms with Crippen LogP contribution in [0.1, 0.15) is 39.0 Å². The largest absolute Gasteiger partial charge is 0.379 e. The number of nitrogens with two attached hydrogens (primary N) is 1. The third-order valence-corrected chi connectivity index (χ3v) is 4.66. The monoisotopic (exact) mass is 226 g/mol. The molecule has 0 aromatic carbocycles. The van der Waals surface area contributed by atoms with Crippen LogP contribution in [0.3, 0.4) is 0 Å². The number of nitrogens with zero attached hydrogens (tertiary/aromatic N) is 1. The van der Waals surface area contributed by atoms with Crippen LogP contribution in [0.25, 0.3) is 0 Å². The first-order valence-corrected chi connectivity index (χ1v) is 6.86. The van der Waals surface area contributed by atoms with Gasteiger partial charge in [0.1, 0.15) is 0 Å². The van der Waals surface area contributed by atoms with E-state index >= 15 is 0 Å². The van der Waals surface area contributed by atoms with E-state index in [4.69, 9.17) is 10.5 Å². The first-order chi connectivity index (χ1) is 7.83. The standard InChI is InChI=1S/C13H26N2O/c1-2-12-5-3-4-6-13(12,11-14)15-7-9-16-10-8-15/h12H,2-11,14H2,1H3. The van der Waals surface area contributed by atoms with E-state index < -0.39 is 0 Å². The molecule has 2 N–H and O–H groups in total. The van der Waals surface area contributed by atoms with Crippen LogP contribution in [-0.2, 0) is 4.74 Å². The van der Waals surface area contributed by atoms with Gasteiger partial charge in [0.05, 0.1) is 13.2 Å². The molecule has 94 valence electrons. The summed E-state index contributed by atoms with van der Waals surface area (Å²) in [6, 6.07) is 0. The summed E-state index contributed by atoms with van der Waals surface area (Å²) < 4.78 is 5.47. The second-order valence-corrected chi connectivity index (χ2v) is 5.26. The molecular formula is C13H26N2O. The number of hydrogen-bond donors (Lipinski definition) is 1. The van der Waals surface area contributed by atoms with Gasteiger partial charge in [0.15, 0.2) is 0 Å². The van der Waals surface area contributed by atoms with Crippen LogP contribution in [0.2, 0.25) is 0 Å². The van der Waals surface area contributed by atoms with E-state index in [1.807, 2.05) is 0 Å².